The summed E-state index contributed by atoms with van der Waals surface area (Å²) in [6.07, 6.45) is -0.302. The number of alkyl carbamates (subject to hydrolysis) is 1. The Morgan fingerprint density at radius 1 is 1.21 bits per heavy atom. The fourth-order valence-electron chi connectivity index (χ4n) is 1.58. The smallest absolute Gasteiger partial charge is 0.408 e. The van der Waals surface area contributed by atoms with Crippen LogP contribution in [0.1, 0.15) is 47.5 Å². The molecule has 6 nitrogen and oxygen atoms in total. The van der Waals surface area contributed by atoms with Gasteiger partial charge in [-0.15, -0.1) is 0 Å². The first-order valence-electron chi connectivity index (χ1n) is 6.50. The van der Waals surface area contributed by atoms with Crippen molar-refractivity contribution in [3.63, 3.8) is 0 Å². The molecule has 0 saturated carbocycles. The molecular weight excluding hydrogens is 250 g/mol. The third kappa shape index (κ3) is 5.92. The normalized spacial score (nSPS) is 14.4. The monoisotopic (exact) mass is 275 g/mol. The van der Waals surface area contributed by atoms with Gasteiger partial charge in [-0.1, -0.05) is 6.92 Å². The first-order valence-corrected chi connectivity index (χ1v) is 6.50. The third-order valence-corrected chi connectivity index (χ3v) is 2.55. The summed E-state index contributed by atoms with van der Waals surface area (Å²) in [4.78, 5) is 23.8. The maximum Gasteiger partial charge on any atom is 0.408 e. The summed E-state index contributed by atoms with van der Waals surface area (Å²) >= 11 is 0. The third-order valence-electron chi connectivity index (χ3n) is 2.55. The summed E-state index contributed by atoms with van der Waals surface area (Å²) in [5.74, 6) is -0.558. The molecule has 0 saturated heterocycles. The van der Waals surface area contributed by atoms with E-state index >= 15 is 0 Å². The second-order valence-corrected chi connectivity index (χ2v) is 5.26. The quantitative estimate of drug-likeness (QED) is 0.719. The number of nitrogens with one attached hydrogen (secondary N) is 1. The van der Waals surface area contributed by atoms with Gasteiger partial charge in [0, 0.05) is 13.0 Å². The molecule has 6 heteroatoms. The van der Waals surface area contributed by atoms with Crippen LogP contribution in [0.15, 0.2) is 0 Å². The molecule has 0 spiro atoms. The van der Waals surface area contributed by atoms with Crippen LogP contribution >= 0.6 is 0 Å². The van der Waals surface area contributed by atoms with Crippen molar-refractivity contribution < 1.29 is 24.2 Å². The molecule has 0 bridgehead atoms. The van der Waals surface area contributed by atoms with Crippen molar-refractivity contribution in [3.8, 4) is 0 Å². The van der Waals surface area contributed by atoms with Gasteiger partial charge in [0.15, 0.2) is 0 Å². The molecule has 0 aromatic rings. The second-order valence-electron chi connectivity index (χ2n) is 5.26. The van der Waals surface area contributed by atoms with Gasteiger partial charge in [0.25, 0.3) is 0 Å². The van der Waals surface area contributed by atoms with Gasteiger partial charge in [-0.25, -0.2) is 9.59 Å². The molecule has 0 aliphatic carbocycles. The molecule has 0 aromatic carbocycles. The number of esters is 1. The van der Waals surface area contributed by atoms with Gasteiger partial charge < -0.3 is 19.9 Å². The lowest BCUT2D eigenvalue weighted by atomic mass is 9.92. The predicted molar refractivity (Wildman–Crippen MR) is 70.7 cm³/mol. The summed E-state index contributed by atoms with van der Waals surface area (Å²) in [7, 11) is 0. The van der Waals surface area contributed by atoms with E-state index in [2.05, 4.69) is 5.32 Å². The summed E-state index contributed by atoms with van der Waals surface area (Å²) < 4.78 is 10.1. The van der Waals surface area contributed by atoms with Crippen molar-refractivity contribution in [2.45, 2.75) is 58.6 Å². The zero-order valence-electron chi connectivity index (χ0n) is 12.4. The van der Waals surface area contributed by atoms with E-state index < -0.39 is 23.2 Å². The van der Waals surface area contributed by atoms with Gasteiger partial charge in [0.1, 0.15) is 11.1 Å². The molecule has 0 aromatic heterocycles. The Morgan fingerprint density at radius 3 is 2.16 bits per heavy atom. The van der Waals surface area contributed by atoms with E-state index in [9.17, 15) is 9.59 Å². The van der Waals surface area contributed by atoms with E-state index in [4.69, 9.17) is 14.6 Å². The number of aliphatic hydroxyl groups excluding tert-OH is 1. The van der Waals surface area contributed by atoms with E-state index in [-0.39, 0.29) is 19.6 Å². The van der Waals surface area contributed by atoms with Gasteiger partial charge in [-0.3, -0.25) is 0 Å². The van der Waals surface area contributed by atoms with Crippen LogP contribution in [-0.4, -0.2) is 41.5 Å². The van der Waals surface area contributed by atoms with E-state index in [1.54, 1.807) is 34.6 Å². The number of hydrogen-bond acceptors (Lipinski definition) is 5. The zero-order valence-corrected chi connectivity index (χ0v) is 12.4. The second kappa shape index (κ2) is 7.33. The van der Waals surface area contributed by atoms with E-state index in [1.807, 2.05) is 0 Å². The Balaban J connectivity index is 4.94. The maximum absolute atomic E-state index is 12.0. The van der Waals surface area contributed by atoms with E-state index in [0.717, 1.165) is 0 Å². The Labute approximate surface area is 114 Å². The fraction of sp³-hybridized carbons (Fsp3) is 0.846. The zero-order chi connectivity index (χ0) is 15.1. The Morgan fingerprint density at radius 2 is 1.79 bits per heavy atom. The van der Waals surface area contributed by atoms with Crippen molar-refractivity contribution in [1.82, 2.24) is 5.32 Å². The van der Waals surface area contributed by atoms with Crippen molar-refractivity contribution in [1.29, 1.82) is 0 Å². The number of aliphatic hydroxyl groups is 1. The Hall–Kier alpha value is -1.30. The minimum absolute atomic E-state index is 0.0849. The van der Waals surface area contributed by atoms with Crippen molar-refractivity contribution in [2.24, 2.45) is 0 Å². The Bertz CT molecular complexity index is 311. The van der Waals surface area contributed by atoms with Crippen LogP contribution in [0.5, 0.6) is 0 Å². The van der Waals surface area contributed by atoms with Crippen molar-refractivity contribution in [3.05, 3.63) is 0 Å². The maximum atomic E-state index is 12.0. The summed E-state index contributed by atoms with van der Waals surface area (Å²) in [6, 6.07) is 0. The SMILES string of the molecule is CCOC(=O)[C@@](CC)(CCO)NC(=O)OC(C)(C)C. The average molecular weight is 275 g/mol. The van der Waals surface area contributed by atoms with Gasteiger partial charge in [-0.05, 0) is 34.1 Å². The topological polar surface area (TPSA) is 84.9 Å². The number of carbonyl (C=O) groups is 2. The molecule has 0 unspecified atom stereocenters. The highest BCUT2D eigenvalue weighted by Gasteiger charge is 2.40. The fourth-order valence-corrected chi connectivity index (χ4v) is 1.58. The summed E-state index contributed by atoms with van der Waals surface area (Å²) in [5, 5.41) is 11.6. The van der Waals surface area contributed by atoms with E-state index in [0.29, 0.717) is 6.42 Å². The number of ether oxygens (including phenoxy) is 2. The van der Waals surface area contributed by atoms with Gasteiger partial charge in [0.05, 0.1) is 6.61 Å². The number of carbonyl (C=O) groups excluding carboxylic acids is 2. The van der Waals surface area contributed by atoms with Gasteiger partial charge in [0.2, 0.25) is 0 Å². The van der Waals surface area contributed by atoms with Crippen molar-refractivity contribution >= 4 is 12.1 Å². The largest absolute Gasteiger partial charge is 0.464 e. The number of hydrogen-bond donors (Lipinski definition) is 2. The van der Waals surface area contributed by atoms with Gasteiger partial charge in [-0.2, -0.15) is 0 Å². The number of amides is 1. The molecule has 0 aliphatic heterocycles. The molecular formula is C13H25NO5. The van der Waals surface area contributed by atoms with Crippen LogP contribution in [0, 0.1) is 0 Å². The van der Waals surface area contributed by atoms with Gasteiger partial charge >= 0.3 is 12.1 Å². The highest BCUT2D eigenvalue weighted by Crippen LogP contribution is 2.19. The average Bonchev–Trinajstić information content (AvgIpc) is 2.26. The lowest BCUT2D eigenvalue weighted by Gasteiger charge is -2.31. The standard InChI is InChI=1S/C13H25NO5/c1-6-13(8-9-15,10(16)18-7-2)14-11(17)19-12(3,4)5/h15H,6-9H2,1-5H3,(H,14,17)/t13-/m1/s1. The van der Waals surface area contributed by atoms with Crippen LogP contribution in [0.3, 0.4) is 0 Å². The molecule has 19 heavy (non-hydrogen) atoms. The van der Waals surface area contributed by atoms with Crippen LogP contribution in [0.2, 0.25) is 0 Å². The molecule has 1 atom stereocenters. The van der Waals surface area contributed by atoms with E-state index in [1.165, 1.54) is 0 Å². The molecule has 1 amide bonds. The first-order chi connectivity index (χ1) is 8.70. The number of rotatable bonds is 6. The molecule has 0 radical (unpaired) electrons. The highest BCUT2D eigenvalue weighted by atomic mass is 16.6. The Kier molecular flexibility index (Phi) is 6.83. The molecule has 0 heterocycles. The lowest BCUT2D eigenvalue weighted by Crippen LogP contribution is -2.56. The molecule has 0 aliphatic rings. The molecule has 0 rings (SSSR count). The summed E-state index contributed by atoms with van der Waals surface area (Å²) in [5.41, 5.74) is -1.90. The minimum Gasteiger partial charge on any atom is -0.464 e. The minimum atomic E-state index is -1.24. The van der Waals surface area contributed by atoms with Crippen LogP contribution in [0.4, 0.5) is 4.79 Å². The van der Waals surface area contributed by atoms with Crippen LogP contribution in [0.25, 0.3) is 0 Å². The predicted octanol–water partition coefficient (Wildman–Crippen LogP) is 1.61. The lowest BCUT2D eigenvalue weighted by molar-refractivity contribution is -0.152. The van der Waals surface area contributed by atoms with Crippen molar-refractivity contribution in [2.75, 3.05) is 13.2 Å². The summed E-state index contributed by atoms with van der Waals surface area (Å²) in [6.45, 7) is 8.60. The molecule has 0 fully saturated rings. The molecule has 112 valence electrons. The van der Waals surface area contributed by atoms with Crippen LogP contribution in [-0.2, 0) is 14.3 Å². The highest BCUT2D eigenvalue weighted by molar-refractivity contribution is 5.85. The van der Waals surface area contributed by atoms with Crippen LogP contribution < -0.4 is 5.32 Å². The first kappa shape index (κ1) is 17.7. The molecule has 2 N–H and O–H groups in total.